The summed E-state index contributed by atoms with van der Waals surface area (Å²) < 4.78 is 10.7. The summed E-state index contributed by atoms with van der Waals surface area (Å²) >= 11 is 1.55. The Balaban J connectivity index is 2.08. The smallest absolute Gasteiger partial charge is 0.253 e. The maximum atomic E-state index is 12.5. The van der Waals surface area contributed by atoms with Gasteiger partial charge < -0.3 is 40.9 Å². The Labute approximate surface area is 285 Å². The lowest BCUT2D eigenvalue weighted by atomic mass is 10.2. The lowest BCUT2D eigenvalue weighted by Gasteiger charge is -2.20. The van der Waals surface area contributed by atoms with E-state index in [1.165, 1.54) is 20.8 Å². The van der Waals surface area contributed by atoms with E-state index in [0.717, 1.165) is 42.1 Å². The normalized spacial score (nSPS) is 14.2. The second-order valence-electron chi connectivity index (χ2n) is 11.1. The minimum atomic E-state index is -0.947. The molecule has 3 atom stereocenters. The molecule has 0 spiro atoms. The molecule has 0 aromatic carbocycles. The lowest BCUT2D eigenvalue weighted by Crippen LogP contribution is -2.54. The number of hydrogen-bond acceptors (Lipinski definition) is 11. The van der Waals surface area contributed by atoms with Crippen molar-refractivity contribution >= 4 is 58.9 Å². The highest BCUT2D eigenvalue weighted by Crippen LogP contribution is 2.07. The van der Waals surface area contributed by atoms with Gasteiger partial charge in [0, 0.05) is 44.5 Å². The van der Waals surface area contributed by atoms with Crippen LogP contribution in [0.2, 0.25) is 0 Å². The number of imide groups is 1. The van der Waals surface area contributed by atoms with Crippen molar-refractivity contribution in [2.24, 2.45) is 0 Å². The van der Waals surface area contributed by atoms with E-state index in [2.05, 4.69) is 26.6 Å². The van der Waals surface area contributed by atoms with Crippen LogP contribution < -0.4 is 26.6 Å². The fourth-order valence-corrected chi connectivity index (χ4v) is 4.79. The van der Waals surface area contributed by atoms with Crippen LogP contribution in [0.1, 0.15) is 66.2 Å². The van der Waals surface area contributed by atoms with Crippen molar-refractivity contribution in [3.8, 4) is 0 Å². The van der Waals surface area contributed by atoms with E-state index in [9.17, 15) is 38.4 Å². The Morgan fingerprint density at radius 2 is 1.27 bits per heavy atom. The fraction of sp³-hybridized carbons (Fsp3) is 0.677. The fourth-order valence-electron chi connectivity index (χ4n) is 3.99. The molecule has 0 radical (unpaired) electrons. The third-order valence-corrected chi connectivity index (χ3v) is 7.74. The van der Waals surface area contributed by atoms with Crippen molar-refractivity contribution < 1.29 is 47.8 Å². The van der Waals surface area contributed by atoms with E-state index < -0.39 is 47.7 Å². The molecule has 270 valence electrons. The summed E-state index contributed by atoms with van der Waals surface area (Å²) in [5.74, 6) is -1.67. The standard InChI is InChI=1S/C31H50N6O10S/c1-21(38)8-6-5-7-19-48-20-33-29(43)22(2)35-31(45)24(4)36-30(44)23(3)34-26(40)12-15-46-17-18-47-16-13-32-25(39)11-14-37-27(41)9-10-28(37)42/h9-10,22-24H,5-8,11-20H2,1-4H3,(H,32,39)(H,33,43)(H,34,40)(H,35,45)(H,36,44). The quantitative estimate of drug-likeness (QED) is 0.0433. The van der Waals surface area contributed by atoms with Crippen molar-refractivity contribution in [3.63, 3.8) is 0 Å². The van der Waals surface area contributed by atoms with Gasteiger partial charge in [-0.15, -0.1) is 11.8 Å². The summed E-state index contributed by atoms with van der Waals surface area (Å²) in [6, 6.07) is -2.68. The molecular weight excluding hydrogens is 648 g/mol. The zero-order valence-electron chi connectivity index (χ0n) is 28.2. The number of rotatable bonds is 26. The average molecular weight is 699 g/mol. The van der Waals surface area contributed by atoms with E-state index in [4.69, 9.17) is 9.47 Å². The number of unbranched alkanes of at least 4 members (excludes halogenated alkanes) is 2. The van der Waals surface area contributed by atoms with Gasteiger partial charge in [0.15, 0.2) is 0 Å². The molecule has 0 aromatic rings. The molecule has 0 saturated carbocycles. The molecule has 0 fully saturated rings. The number of carbonyl (C=O) groups excluding carboxylic acids is 8. The van der Waals surface area contributed by atoms with E-state index in [1.807, 2.05) is 0 Å². The van der Waals surface area contributed by atoms with Crippen LogP contribution in [0.3, 0.4) is 0 Å². The van der Waals surface area contributed by atoms with E-state index in [1.54, 1.807) is 18.7 Å². The number of nitrogens with zero attached hydrogens (tertiary/aromatic N) is 1. The lowest BCUT2D eigenvalue weighted by molar-refractivity contribution is -0.137. The number of amides is 7. The highest BCUT2D eigenvalue weighted by Gasteiger charge is 2.24. The average Bonchev–Trinajstić information content (AvgIpc) is 3.35. The highest BCUT2D eigenvalue weighted by atomic mass is 32.2. The molecule has 1 rings (SSSR count). The predicted molar refractivity (Wildman–Crippen MR) is 177 cm³/mol. The summed E-state index contributed by atoms with van der Waals surface area (Å²) in [5.41, 5.74) is 0. The monoisotopic (exact) mass is 698 g/mol. The van der Waals surface area contributed by atoms with Crippen molar-refractivity contribution in [1.82, 2.24) is 31.5 Å². The molecule has 1 aliphatic heterocycles. The van der Waals surface area contributed by atoms with E-state index in [-0.39, 0.29) is 70.0 Å². The molecule has 5 N–H and O–H groups in total. The van der Waals surface area contributed by atoms with Crippen LogP contribution in [0.4, 0.5) is 0 Å². The Morgan fingerprint density at radius 3 is 1.90 bits per heavy atom. The van der Waals surface area contributed by atoms with Crippen LogP contribution in [0.15, 0.2) is 12.2 Å². The molecule has 0 aromatic heterocycles. The first-order chi connectivity index (χ1) is 22.8. The number of nitrogens with one attached hydrogen (secondary N) is 5. The minimum absolute atomic E-state index is 0.00644. The second-order valence-corrected chi connectivity index (χ2v) is 12.2. The molecule has 16 nitrogen and oxygen atoms in total. The van der Waals surface area contributed by atoms with Gasteiger partial charge in [-0.2, -0.15) is 0 Å². The summed E-state index contributed by atoms with van der Waals surface area (Å²) in [4.78, 5) is 96.1. The molecule has 1 aliphatic rings. The Morgan fingerprint density at radius 1 is 0.688 bits per heavy atom. The molecule has 0 saturated heterocycles. The van der Waals surface area contributed by atoms with Crippen LogP contribution in [0, 0.1) is 0 Å². The van der Waals surface area contributed by atoms with Gasteiger partial charge in [-0.1, -0.05) is 6.42 Å². The number of Topliss-reactive ketones (excluding diaryl/α,β-unsaturated/α-hetero) is 1. The summed E-state index contributed by atoms with van der Waals surface area (Å²) in [7, 11) is 0. The molecule has 3 unspecified atom stereocenters. The predicted octanol–water partition coefficient (Wildman–Crippen LogP) is -0.689. The maximum Gasteiger partial charge on any atom is 0.253 e. The number of hydrogen-bond donors (Lipinski definition) is 5. The van der Waals surface area contributed by atoms with Gasteiger partial charge in [-0.3, -0.25) is 38.5 Å². The summed E-state index contributed by atoms with van der Waals surface area (Å²) in [6.07, 6.45) is 5.65. The van der Waals surface area contributed by atoms with Crippen molar-refractivity contribution in [2.45, 2.75) is 84.3 Å². The zero-order chi connectivity index (χ0) is 35.9. The SMILES string of the molecule is CC(=O)CCCCCSCNC(=O)C(C)NC(=O)C(C)NC(=O)C(C)NC(=O)CCOCCOCCNC(=O)CCN1C(=O)C=CC1=O. The molecule has 1 heterocycles. The Bertz CT molecular complexity index is 1130. The van der Waals surface area contributed by atoms with Crippen LogP contribution in [-0.2, 0) is 47.8 Å². The van der Waals surface area contributed by atoms with Gasteiger partial charge in [-0.05, 0) is 46.3 Å². The van der Waals surface area contributed by atoms with Crippen LogP contribution in [0.5, 0.6) is 0 Å². The van der Waals surface area contributed by atoms with Crippen molar-refractivity contribution in [1.29, 1.82) is 0 Å². The maximum absolute atomic E-state index is 12.5. The number of carbonyl (C=O) groups is 8. The largest absolute Gasteiger partial charge is 0.379 e. The van der Waals surface area contributed by atoms with E-state index >= 15 is 0 Å². The van der Waals surface area contributed by atoms with Gasteiger partial charge >= 0.3 is 0 Å². The third kappa shape index (κ3) is 19.1. The Hall–Kier alpha value is -3.83. The Kier molecular flexibility index (Phi) is 21.4. The van der Waals surface area contributed by atoms with Gasteiger partial charge in [0.05, 0.1) is 32.3 Å². The topological polar surface area (TPSA) is 218 Å². The second kappa shape index (κ2) is 24.3. The van der Waals surface area contributed by atoms with Gasteiger partial charge in [-0.25, -0.2) is 0 Å². The minimum Gasteiger partial charge on any atom is -0.379 e. The van der Waals surface area contributed by atoms with Gasteiger partial charge in [0.1, 0.15) is 23.9 Å². The molecule has 7 amide bonds. The van der Waals surface area contributed by atoms with E-state index in [0.29, 0.717) is 12.3 Å². The first kappa shape index (κ1) is 42.2. The highest BCUT2D eigenvalue weighted by molar-refractivity contribution is 7.99. The molecule has 48 heavy (non-hydrogen) atoms. The summed E-state index contributed by atoms with van der Waals surface area (Å²) in [5, 5.41) is 13.0. The van der Waals surface area contributed by atoms with Gasteiger partial charge in [0.25, 0.3) is 11.8 Å². The number of ether oxygens (including phenoxy) is 2. The van der Waals surface area contributed by atoms with Crippen molar-refractivity contribution in [2.75, 3.05) is 51.1 Å². The van der Waals surface area contributed by atoms with Gasteiger partial charge in [0.2, 0.25) is 29.5 Å². The summed E-state index contributed by atoms with van der Waals surface area (Å²) in [6.45, 7) is 7.04. The molecule has 0 bridgehead atoms. The first-order valence-corrected chi connectivity index (χ1v) is 17.2. The number of ketones is 1. The zero-order valence-corrected chi connectivity index (χ0v) is 29.0. The third-order valence-electron chi connectivity index (χ3n) is 6.82. The first-order valence-electron chi connectivity index (χ1n) is 16.0. The molecular formula is C31H50N6O10S. The number of thioether (sulfide) groups is 1. The van der Waals surface area contributed by atoms with Crippen LogP contribution >= 0.6 is 11.8 Å². The molecule has 17 heteroatoms. The van der Waals surface area contributed by atoms with Crippen LogP contribution in [-0.4, -0.2) is 121 Å². The molecule has 0 aliphatic carbocycles. The van der Waals surface area contributed by atoms with Crippen molar-refractivity contribution in [3.05, 3.63) is 12.2 Å². The van der Waals surface area contributed by atoms with Crippen LogP contribution in [0.25, 0.3) is 0 Å².